The standard InChI is InChI=1S/C20H23N3OS/c1-15(2)19(23-20(25)21-17-11-7-4-8-12-17)22-18(24)14-13-16-9-5-3-6-10-16/h3-15,19H,1-2H3,(H,22,24)(H2,21,23,25)/b14-13+. The lowest BCUT2D eigenvalue weighted by atomic mass is 10.1. The highest BCUT2D eigenvalue weighted by molar-refractivity contribution is 7.80. The van der Waals surface area contributed by atoms with Crippen LogP contribution in [0.25, 0.3) is 6.08 Å². The number of carbonyl (C=O) groups is 1. The third-order valence-corrected chi connectivity index (χ3v) is 3.73. The molecule has 3 N–H and O–H groups in total. The summed E-state index contributed by atoms with van der Waals surface area (Å²) in [4.78, 5) is 12.2. The van der Waals surface area contributed by atoms with Gasteiger partial charge in [-0.3, -0.25) is 4.79 Å². The topological polar surface area (TPSA) is 53.2 Å². The summed E-state index contributed by atoms with van der Waals surface area (Å²) in [6.07, 6.45) is 3.05. The fourth-order valence-corrected chi connectivity index (χ4v) is 2.38. The van der Waals surface area contributed by atoms with Crippen molar-refractivity contribution in [3.63, 3.8) is 0 Å². The zero-order valence-corrected chi connectivity index (χ0v) is 15.2. The minimum atomic E-state index is -0.267. The minimum Gasteiger partial charge on any atom is -0.342 e. The number of hydrogen-bond donors (Lipinski definition) is 3. The molecule has 0 bridgehead atoms. The van der Waals surface area contributed by atoms with E-state index in [-0.39, 0.29) is 18.0 Å². The Kier molecular flexibility index (Phi) is 7.16. The molecule has 0 saturated carbocycles. The van der Waals surface area contributed by atoms with Crippen LogP contribution in [-0.4, -0.2) is 17.2 Å². The quantitative estimate of drug-likeness (QED) is 0.420. The molecule has 0 radical (unpaired) electrons. The summed E-state index contributed by atoms with van der Waals surface area (Å²) in [5.41, 5.74) is 1.88. The Balaban J connectivity index is 1.90. The maximum absolute atomic E-state index is 12.2. The van der Waals surface area contributed by atoms with Crippen molar-refractivity contribution in [2.45, 2.75) is 20.0 Å². The van der Waals surface area contributed by atoms with Gasteiger partial charge in [-0.15, -0.1) is 0 Å². The van der Waals surface area contributed by atoms with E-state index in [9.17, 15) is 4.79 Å². The molecule has 0 fully saturated rings. The molecule has 2 aromatic carbocycles. The van der Waals surface area contributed by atoms with Crippen molar-refractivity contribution in [3.8, 4) is 0 Å². The van der Waals surface area contributed by atoms with Gasteiger partial charge in [0.15, 0.2) is 5.11 Å². The molecule has 0 aliphatic heterocycles. The molecule has 0 aliphatic rings. The van der Waals surface area contributed by atoms with Crippen molar-refractivity contribution in [2.75, 3.05) is 5.32 Å². The second kappa shape index (κ2) is 9.59. The Morgan fingerprint density at radius 2 is 1.56 bits per heavy atom. The van der Waals surface area contributed by atoms with Gasteiger partial charge in [0.25, 0.3) is 0 Å². The van der Waals surface area contributed by atoms with Gasteiger partial charge in [-0.2, -0.15) is 0 Å². The maximum Gasteiger partial charge on any atom is 0.245 e. The molecule has 130 valence electrons. The van der Waals surface area contributed by atoms with Gasteiger partial charge in [0.1, 0.15) is 6.17 Å². The molecule has 4 nitrogen and oxygen atoms in total. The number of carbonyl (C=O) groups excluding carboxylic acids is 1. The summed E-state index contributed by atoms with van der Waals surface area (Å²) in [7, 11) is 0. The van der Waals surface area contributed by atoms with Crippen molar-refractivity contribution in [1.82, 2.24) is 10.6 Å². The summed E-state index contributed by atoms with van der Waals surface area (Å²) in [5.74, 6) is 0.00200. The fourth-order valence-electron chi connectivity index (χ4n) is 2.14. The summed E-state index contributed by atoms with van der Waals surface area (Å²) < 4.78 is 0. The van der Waals surface area contributed by atoms with Crippen molar-refractivity contribution in [3.05, 3.63) is 72.3 Å². The van der Waals surface area contributed by atoms with E-state index in [4.69, 9.17) is 12.2 Å². The first-order valence-corrected chi connectivity index (χ1v) is 8.61. The molecule has 0 spiro atoms. The van der Waals surface area contributed by atoms with Crippen molar-refractivity contribution in [2.24, 2.45) is 5.92 Å². The zero-order chi connectivity index (χ0) is 18.1. The number of para-hydroxylation sites is 1. The van der Waals surface area contributed by atoms with Gasteiger partial charge >= 0.3 is 0 Å². The molecule has 1 atom stereocenters. The number of anilines is 1. The monoisotopic (exact) mass is 353 g/mol. The summed E-state index contributed by atoms with van der Waals surface area (Å²) in [6, 6.07) is 19.4. The van der Waals surface area contributed by atoms with E-state index in [0.29, 0.717) is 5.11 Å². The van der Waals surface area contributed by atoms with E-state index in [1.807, 2.05) is 74.5 Å². The van der Waals surface area contributed by atoms with E-state index in [1.165, 1.54) is 6.08 Å². The van der Waals surface area contributed by atoms with Crippen molar-refractivity contribution >= 4 is 35.0 Å². The number of nitrogens with one attached hydrogen (secondary N) is 3. The van der Waals surface area contributed by atoms with Gasteiger partial charge in [-0.25, -0.2) is 0 Å². The van der Waals surface area contributed by atoms with Gasteiger partial charge in [-0.05, 0) is 41.9 Å². The zero-order valence-electron chi connectivity index (χ0n) is 14.4. The average Bonchev–Trinajstić information content (AvgIpc) is 2.61. The lowest BCUT2D eigenvalue weighted by Gasteiger charge is -2.24. The Hall–Kier alpha value is -2.66. The smallest absolute Gasteiger partial charge is 0.245 e. The fraction of sp³-hybridized carbons (Fsp3) is 0.200. The van der Waals surface area contributed by atoms with Crippen LogP contribution in [0, 0.1) is 5.92 Å². The Morgan fingerprint density at radius 3 is 2.16 bits per heavy atom. The predicted octanol–water partition coefficient (Wildman–Crippen LogP) is 3.78. The van der Waals surface area contributed by atoms with Gasteiger partial charge in [-0.1, -0.05) is 62.4 Å². The van der Waals surface area contributed by atoms with E-state index in [2.05, 4.69) is 16.0 Å². The lowest BCUT2D eigenvalue weighted by Crippen LogP contribution is -2.51. The molecular formula is C20H23N3OS. The molecule has 2 aromatic rings. The Labute approximate surface area is 154 Å². The lowest BCUT2D eigenvalue weighted by molar-refractivity contribution is -0.117. The van der Waals surface area contributed by atoms with Gasteiger partial charge < -0.3 is 16.0 Å². The summed E-state index contributed by atoms with van der Waals surface area (Å²) in [6.45, 7) is 4.04. The summed E-state index contributed by atoms with van der Waals surface area (Å²) >= 11 is 5.33. The molecule has 2 rings (SSSR count). The first kappa shape index (κ1) is 18.7. The third kappa shape index (κ3) is 6.77. The largest absolute Gasteiger partial charge is 0.342 e. The first-order chi connectivity index (χ1) is 12.0. The van der Waals surface area contributed by atoms with Crippen LogP contribution in [0.15, 0.2) is 66.7 Å². The highest BCUT2D eigenvalue weighted by Gasteiger charge is 2.15. The predicted molar refractivity (Wildman–Crippen MR) is 108 cm³/mol. The Morgan fingerprint density at radius 1 is 0.960 bits per heavy atom. The molecule has 1 unspecified atom stereocenters. The average molecular weight is 353 g/mol. The van der Waals surface area contributed by atoms with Crippen LogP contribution in [0.1, 0.15) is 19.4 Å². The van der Waals surface area contributed by atoms with Crippen LogP contribution < -0.4 is 16.0 Å². The molecule has 1 amide bonds. The van der Waals surface area contributed by atoms with Crippen LogP contribution >= 0.6 is 12.2 Å². The number of rotatable bonds is 6. The van der Waals surface area contributed by atoms with Crippen molar-refractivity contribution in [1.29, 1.82) is 0 Å². The van der Waals surface area contributed by atoms with E-state index in [0.717, 1.165) is 11.3 Å². The second-order valence-electron chi connectivity index (χ2n) is 5.94. The third-order valence-electron chi connectivity index (χ3n) is 3.51. The summed E-state index contributed by atoms with van der Waals surface area (Å²) in [5, 5.41) is 9.67. The SMILES string of the molecule is CC(C)C(NC(=O)/C=C/c1ccccc1)NC(=S)Nc1ccccc1. The molecule has 0 heterocycles. The molecule has 5 heteroatoms. The highest BCUT2D eigenvalue weighted by Crippen LogP contribution is 2.06. The molecule has 25 heavy (non-hydrogen) atoms. The maximum atomic E-state index is 12.2. The first-order valence-electron chi connectivity index (χ1n) is 8.21. The van der Waals surface area contributed by atoms with Gasteiger partial charge in [0, 0.05) is 11.8 Å². The van der Waals surface area contributed by atoms with Crippen molar-refractivity contribution < 1.29 is 4.79 Å². The molecule has 0 saturated heterocycles. The van der Waals surface area contributed by atoms with Crippen LogP contribution in [0.2, 0.25) is 0 Å². The van der Waals surface area contributed by atoms with Crippen LogP contribution in [0.5, 0.6) is 0 Å². The van der Waals surface area contributed by atoms with E-state index in [1.54, 1.807) is 6.08 Å². The number of benzene rings is 2. The normalized spacial score (nSPS) is 12.0. The van der Waals surface area contributed by atoms with Gasteiger partial charge in [0.2, 0.25) is 5.91 Å². The van der Waals surface area contributed by atoms with Gasteiger partial charge in [0.05, 0.1) is 0 Å². The minimum absolute atomic E-state index is 0.169. The molecule has 0 aliphatic carbocycles. The van der Waals surface area contributed by atoms with Crippen LogP contribution in [-0.2, 0) is 4.79 Å². The Bertz CT molecular complexity index is 714. The van der Waals surface area contributed by atoms with E-state index >= 15 is 0 Å². The number of amides is 1. The molecular weight excluding hydrogens is 330 g/mol. The highest BCUT2D eigenvalue weighted by atomic mass is 32.1. The molecule has 0 aromatic heterocycles. The van der Waals surface area contributed by atoms with Crippen LogP contribution in [0.4, 0.5) is 5.69 Å². The number of thiocarbonyl (C=S) groups is 1. The van der Waals surface area contributed by atoms with Crippen LogP contribution in [0.3, 0.4) is 0 Å². The second-order valence-corrected chi connectivity index (χ2v) is 6.35. The number of hydrogen-bond acceptors (Lipinski definition) is 2. The van der Waals surface area contributed by atoms with E-state index < -0.39 is 0 Å².